The van der Waals surface area contributed by atoms with E-state index in [0.717, 1.165) is 42.7 Å². The van der Waals surface area contributed by atoms with E-state index in [1.807, 2.05) is 82.6 Å². The number of nitrogens with zero attached hydrogens (tertiary/aromatic N) is 3. The van der Waals surface area contributed by atoms with E-state index >= 15 is 0 Å². The van der Waals surface area contributed by atoms with Gasteiger partial charge in [-0.2, -0.15) is 5.10 Å². The summed E-state index contributed by atoms with van der Waals surface area (Å²) >= 11 is 0. The summed E-state index contributed by atoms with van der Waals surface area (Å²) in [4.78, 5) is 15.0. The minimum Gasteiger partial charge on any atom is -0.341 e. The number of hydrogen-bond donors (Lipinski definition) is 1. The van der Waals surface area contributed by atoms with Gasteiger partial charge in [0.15, 0.2) is 0 Å². The number of nitrogens with one attached hydrogen (secondary N) is 1. The predicted octanol–water partition coefficient (Wildman–Crippen LogP) is 3.33. The summed E-state index contributed by atoms with van der Waals surface area (Å²) in [6.45, 7) is 2.30. The van der Waals surface area contributed by atoms with Crippen LogP contribution in [-0.4, -0.2) is 33.7 Å². The van der Waals surface area contributed by atoms with Gasteiger partial charge in [-0.05, 0) is 30.5 Å². The molecule has 5 heteroatoms. The molecule has 1 atom stereocenters. The van der Waals surface area contributed by atoms with Crippen LogP contribution in [0.2, 0.25) is 0 Å². The molecule has 1 aliphatic rings. The van der Waals surface area contributed by atoms with Gasteiger partial charge in [-0.25, -0.2) is 4.68 Å². The molecule has 1 fully saturated rings. The van der Waals surface area contributed by atoms with E-state index in [1.54, 1.807) is 0 Å². The molecule has 0 bridgehead atoms. The number of aromatic nitrogens is 2. The monoisotopic (exact) mass is 360 g/mol. The van der Waals surface area contributed by atoms with Crippen molar-refractivity contribution in [2.75, 3.05) is 13.1 Å². The van der Waals surface area contributed by atoms with E-state index in [9.17, 15) is 4.79 Å². The van der Waals surface area contributed by atoms with Crippen molar-refractivity contribution >= 4 is 5.91 Å². The zero-order valence-corrected chi connectivity index (χ0v) is 15.3. The number of carbonyl (C=O) groups is 1. The molecule has 0 unspecified atom stereocenters. The van der Waals surface area contributed by atoms with E-state index in [0.29, 0.717) is 6.54 Å². The Balaban J connectivity index is 1.49. The van der Waals surface area contributed by atoms with E-state index < -0.39 is 0 Å². The Kier molecular flexibility index (Phi) is 5.30. The lowest BCUT2D eigenvalue weighted by molar-refractivity contribution is -0.132. The van der Waals surface area contributed by atoms with E-state index in [2.05, 4.69) is 10.4 Å². The smallest absolute Gasteiger partial charge is 0.244 e. The molecule has 1 aliphatic heterocycles. The first-order chi connectivity index (χ1) is 13.3. The third kappa shape index (κ3) is 4.09. The molecule has 0 saturated carbocycles. The van der Waals surface area contributed by atoms with Gasteiger partial charge in [0.05, 0.1) is 11.9 Å². The van der Waals surface area contributed by atoms with Gasteiger partial charge in [-0.15, -0.1) is 0 Å². The van der Waals surface area contributed by atoms with Crippen LogP contribution in [-0.2, 0) is 11.3 Å². The molecule has 4 rings (SSSR count). The zero-order chi connectivity index (χ0) is 18.5. The van der Waals surface area contributed by atoms with Crippen LogP contribution in [0.4, 0.5) is 0 Å². The molecule has 1 saturated heterocycles. The molecule has 2 aromatic carbocycles. The van der Waals surface area contributed by atoms with Gasteiger partial charge in [0.25, 0.3) is 0 Å². The fourth-order valence-electron chi connectivity index (χ4n) is 3.51. The number of amides is 1. The van der Waals surface area contributed by atoms with Crippen LogP contribution < -0.4 is 5.32 Å². The summed E-state index contributed by atoms with van der Waals surface area (Å²) in [6.07, 6.45) is 6.04. The molecule has 0 radical (unpaired) electrons. The average molecular weight is 360 g/mol. The second-order valence-corrected chi connectivity index (χ2v) is 6.89. The Morgan fingerprint density at radius 3 is 2.37 bits per heavy atom. The first-order valence-electron chi connectivity index (χ1n) is 9.47. The molecular weight excluding hydrogens is 336 g/mol. The van der Waals surface area contributed by atoms with Gasteiger partial charge in [-0.1, -0.05) is 48.5 Å². The summed E-state index contributed by atoms with van der Waals surface area (Å²) in [5.41, 5.74) is 3.08. The normalized spacial score (nSPS) is 15.0. The lowest BCUT2D eigenvalue weighted by atomic mass is 10.1. The van der Waals surface area contributed by atoms with Crippen LogP contribution >= 0.6 is 0 Å². The Labute approximate surface area is 159 Å². The Bertz CT molecular complexity index is 870. The molecule has 5 nitrogen and oxygen atoms in total. The first-order valence-corrected chi connectivity index (χ1v) is 9.47. The molecule has 1 aromatic heterocycles. The number of para-hydroxylation sites is 1. The lowest BCUT2D eigenvalue weighted by Crippen LogP contribution is -2.39. The number of likely N-dealkylation sites (tertiary alicyclic amines) is 1. The molecule has 1 amide bonds. The Morgan fingerprint density at radius 2 is 1.67 bits per heavy atom. The summed E-state index contributed by atoms with van der Waals surface area (Å²) in [6, 6.07) is 19.7. The number of carbonyl (C=O) groups excluding carboxylic acids is 1. The fourth-order valence-corrected chi connectivity index (χ4v) is 3.51. The summed E-state index contributed by atoms with van der Waals surface area (Å²) < 4.78 is 1.86. The SMILES string of the molecule is O=C([C@@H](NCc1cnn(-c2ccccc2)c1)c1ccccc1)N1CCCC1. The second-order valence-electron chi connectivity index (χ2n) is 6.89. The number of rotatable bonds is 6. The molecule has 3 aromatic rings. The second kappa shape index (κ2) is 8.18. The molecule has 27 heavy (non-hydrogen) atoms. The van der Waals surface area contributed by atoms with E-state index in [4.69, 9.17) is 0 Å². The van der Waals surface area contributed by atoms with E-state index in [-0.39, 0.29) is 11.9 Å². The van der Waals surface area contributed by atoms with Gasteiger partial charge < -0.3 is 4.90 Å². The first kappa shape index (κ1) is 17.5. The van der Waals surface area contributed by atoms with Crippen molar-refractivity contribution in [3.05, 3.63) is 84.2 Å². The zero-order valence-electron chi connectivity index (χ0n) is 15.3. The molecule has 1 N–H and O–H groups in total. The average Bonchev–Trinajstić information content (AvgIpc) is 3.42. The lowest BCUT2D eigenvalue weighted by Gasteiger charge is -2.24. The fraction of sp³-hybridized carbons (Fsp3) is 0.273. The van der Waals surface area contributed by atoms with Crippen LogP contribution in [0.25, 0.3) is 5.69 Å². The number of hydrogen-bond acceptors (Lipinski definition) is 3. The van der Waals surface area contributed by atoms with E-state index in [1.165, 1.54) is 0 Å². The maximum absolute atomic E-state index is 13.0. The molecular formula is C22H24N4O. The topological polar surface area (TPSA) is 50.2 Å². The van der Waals surface area contributed by atoms with Crippen LogP contribution in [0.5, 0.6) is 0 Å². The minimum atomic E-state index is -0.329. The largest absolute Gasteiger partial charge is 0.341 e. The van der Waals surface area contributed by atoms with Crippen LogP contribution in [0, 0.1) is 0 Å². The summed E-state index contributed by atoms with van der Waals surface area (Å²) in [5, 5.41) is 7.89. The number of benzene rings is 2. The standard InChI is InChI=1S/C22H24N4O/c27-22(25-13-7-8-14-25)21(19-9-3-1-4-10-19)23-15-18-16-24-26(17-18)20-11-5-2-6-12-20/h1-6,9-12,16-17,21,23H,7-8,13-15H2/t21-/m0/s1. The van der Waals surface area contributed by atoms with Crippen LogP contribution in [0.15, 0.2) is 73.1 Å². The van der Waals surface area contributed by atoms with Crippen molar-refractivity contribution in [1.29, 1.82) is 0 Å². The van der Waals surface area contributed by atoms with Crippen molar-refractivity contribution in [2.45, 2.75) is 25.4 Å². The van der Waals surface area contributed by atoms with Gasteiger partial charge >= 0.3 is 0 Å². The van der Waals surface area contributed by atoms with Crippen molar-refractivity contribution in [3.8, 4) is 5.69 Å². The molecule has 0 spiro atoms. The molecule has 2 heterocycles. The van der Waals surface area contributed by atoms with Crippen LogP contribution in [0.3, 0.4) is 0 Å². The Morgan fingerprint density at radius 1 is 1.00 bits per heavy atom. The predicted molar refractivity (Wildman–Crippen MR) is 105 cm³/mol. The third-order valence-corrected chi connectivity index (χ3v) is 4.96. The highest BCUT2D eigenvalue weighted by Gasteiger charge is 2.27. The minimum absolute atomic E-state index is 0.161. The maximum Gasteiger partial charge on any atom is 0.244 e. The maximum atomic E-state index is 13.0. The van der Waals surface area contributed by atoms with Gasteiger partial charge in [-0.3, -0.25) is 10.1 Å². The highest BCUT2D eigenvalue weighted by molar-refractivity contribution is 5.83. The van der Waals surface area contributed by atoms with Gasteiger partial charge in [0.1, 0.15) is 6.04 Å². The van der Waals surface area contributed by atoms with Crippen molar-refractivity contribution in [1.82, 2.24) is 20.0 Å². The quantitative estimate of drug-likeness (QED) is 0.734. The van der Waals surface area contributed by atoms with Crippen molar-refractivity contribution < 1.29 is 4.79 Å². The van der Waals surface area contributed by atoms with Gasteiger partial charge in [0.2, 0.25) is 5.91 Å². The summed E-state index contributed by atoms with van der Waals surface area (Å²) in [7, 11) is 0. The summed E-state index contributed by atoms with van der Waals surface area (Å²) in [5.74, 6) is 0.161. The Hall–Kier alpha value is -2.92. The van der Waals surface area contributed by atoms with Crippen molar-refractivity contribution in [2.24, 2.45) is 0 Å². The molecule has 138 valence electrons. The van der Waals surface area contributed by atoms with Crippen molar-refractivity contribution in [3.63, 3.8) is 0 Å². The molecule has 0 aliphatic carbocycles. The highest BCUT2D eigenvalue weighted by Crippen LogP contribution is 2.20. The van der Waals surface area contributed by atoms with Gasteiger partial charge in [0, 0.05) is 31.4 Å². The van der Waals surface area contributed by atoms with Crippen LogP contribution in [0.1, 0.15) is 30.0 Å². The highest BCUT2D eigenvalue weighted by atomic mass is 16.2. The third-order valence-electron chi connectivity index (χ3n) is 4.96.